The Morgan fingerprint density at radius 3 is 2.73 bits per heavy atom. The first-order valence-corrected chi connectivity index (χ1v) is 3.75. The van der Waals surface area contributed by atoms with E-state index < -0.39 is 0 Å². The van der Waals surface area contributed by atoms with Crippen LogP contribution in [0.2, 0.25) is 0 Å². The van der Waals surface area contributed by atoms with Crippen molar-refractivity contribution < 1.29 is 9.53 Å². The normalized spacial score (nSPS) is 29.9. The fourth-order valence-corrected chi connectivity index (χ4v) is 1.19. The van der Waals surface area contributed by atoms with E-state index in [9.17, 15) is 4.79 Å². The van der Waals surface area contributed by atoms with Gasteiger partial charge >= 0.3 is 6.09 Å². The molecule has 1 rings (SSSR count). The fourth-order valence-electron chi connectivity index (χ4n) is 1.19. The molecule has 0 unspecified atom stereocenters. The molecule has 0 radical (unpaired) electrons. The molecule has 1 fully saturated rings. The van der Waals surface area contributed by atoms with Crippen LogP contribution in [-0.4, -0.2) is 18.2 Å². The van der Waals surface area contributed by atoms with Gasteiger partial charge in [0, 0.05) is 0 Å². The van der Waals surface area contributed by atoms with Crippen LogP contribution in [0.5, 0.6) is 0 Å². The molecule has 1 heterocycles. The van der Waals surface area contributed by atoms with Crippen molar-refractivity contribution in [3.8, 4) is 0 Å². The van der Waals surface area contributed by atoms with Crippen LogP contribution in [0.4, 0.5) is 4.79 Å². The molecule has 0 saturated carbocycles. The fraction of sp³-hybridized carbons (Fsp3) is 0.625. The first-order valence-electron chi connectivity index (χ1n) is 3.75. The second-order valence-corrected chi connectivity index (χ2v) is 3.02. The second kappa shape index (κ2) is 2.95. The van der Waals surface area contributed by atoms with Crippen molar-refractivity contribution in [3.05, 3.63) is 12.7 Å². The minimum absolute atomic E-state index is 0.0833. The van der Waals surface area contributed by atoms with Gasteiger partial charge in [-0.05, 0) is 12.0 Å². The van der Waals surface area contributed by atoms with Gasteiger partial charge < -0.3 is 10.1 Å². The zero-order valence-electron chi connectivity index (χ0n) is 6.83. The van der Waals surface area contributed by atoms with Crippen molar-refractivity contribution in [2.75, 3.05) is 0 Å². The number of hydrogen-bond acceptors (Lipinski definition) is 2. The second-order valence-electron chi connectivity index (χ2n) is 3.02. The monoisotopic (exact) mass is 155 g/mol. The maximum Gasteiger partial charge on any atom is 0.408 e. The highest BCUT2D eigenvalue weighted by molar-refractivity contribution is 5.70. The Balaban J connectivity index is 2.64. The molecule has 0 spiro atoms. The molecule has 0 aromatic carbocycles. The van der Waals surface area contributed by atoms with E-state index in [-0.39, 0.29) is 18.2 Å². The van der Waals surface area contributed by atoms with Gasteiger partial charge in [-0.25, -0.2) is 4.79 Å². The van der Waals surface area contributed by atoms with Crippen LogP contribution in [0.1, 0.15) is 13.8 Å². The van der Waals surface area contributed by atoms with E-state index in [1.54, 1.807) is 6.08 Å². The lowest BCUT2D eigenvalue weighted by Gasteiger charge is -2.16. The highest BCUT2D eigenvalue weighted by Crippen LogP contribution is 2.16. The van der Waals surface area contributed by atoms with Crippen LogP contribution in [0.3, 0.4) is 0 Å². The predicted molar refractivity (Wildman–Crippen MR) is 42.2 cm³/mol. The van der Waals surface area contributed by atoms with E-state index in [0.717, 1.165) is 0 Å². The van der Waals surface area contributed by atoms with Gasteiger partial charge in [-0.15, -0.1) is 0 Å². The van der Waals surface area contributed by atoms with E-state index in [1.807, 2.05) is 13.8 Å². The smallest absolute Gasteiger partial charge is 0.408 e. The molecule has 11 heavy (non-hydrogen) atoms. The average Bonchev–Trinajstić information content (AvgIpc) is 2.30. The maximum absolute atomic E-state index is 10.7. The molecule has 1 aliphatic rings. The number of rotatable bonds is 2. The van der Waals surface area contributed by atoms with Crippen molar-refractivity contribution in [1.29, 1.82) is 0 Å². The van der Waals surface area contributed by atoms with E-state index in [2.05, 4.69) is 11.9 Å². The number of carbonyl (C=O) groups excluding carboxylic acids is 1. The summed E-state index contributed by atoms with van der Waals surface area (Å²) in [4.78, 5) is 10.7. The number of nitrogens with one attached hydrogen (secondary N) is 1. The molecule has 62 valence electrons. The standard InChI is InChI=1S/C8H13NO2/c1-4-6-7(5(2)3)9-8(10)11-6/h4-7H,1H2,2-3H3,(H,9,10)/t6-,7-/m1/s1. The molecule has 3 heteroatoms. The molecule has 1 aliphatic heterocycles. The van der Waals surface area contributed by atoms with Crippen LogP contribution in [-0.2, 0) is 4.74 Å². The van der Waals surface area contributed by atoms with Crippen LogP contribution in [0.25, 0.3) is 0 Å². The third-order valence-electron chi connectivity index (χ3n) is 1.83. The predicted octanol–water partition coefficient (Wildman–Crippen LogP) is 1.31. The molecular formula is C8H13NO2. The Morgan fingerprint density at radius 2 is 2.36 bits per heavy atom. The van der Waals surface area contributed by atoms with Crippen molar-refractivity contribution in [2.45, 2.75) is 26.0 Å². The number of cyclic esters (lactones) is 1. The zero-order valence-corrected chi connectivity index (χ0v) is 6.83. The molecule has 1 amide bonds. The van der Waals surface area contributed by atoms with Crippen molar-refractivity contribution in [3.63, 3.8) is 0 Å². The first-order chi connectivity index (χ1) is 5.15. The van der Waals surface area contributed by atoms with Crippen LogP contribution in [0.15, 0.2) is 12.7 Å². The molecule has 2 atom stereocenters. The molecule has 0 aromatic rings. The topological polar surface area (TPSA) is 38.3 Å². The molecule has 3 nitrogen and oxygen atoms in total. The van der Waals surface area contributed by atoms with Gasteiger partial charge in [0.2, 0.25) is 0 Å². The van der Waals surface area contributed by atoms with Gasteiger partial charge in [-0.3, -0.25) is 0 Å². The van der Waals surface area contributed by atoms with Gasteiger partial charge in [0.05, 0.1) is 6.04 Å². The Morgan fingerprint density at radius 1 is 1.73 bits per heavy atom. The van der Waals surface area contributed by atoms with E-state index in [1.165, 1.54) is 0 Å². The summed E-state index contributed by atoms with van der Waals surface area (Å²) in [5.74, 6) is 0.379. The molecule has 1 saturated heterocycles. The summed E-state index contributed by atoms with van der Waals surface area (Å²) in [5.41, 5.74) is 0. The average molecular weight is 155 g/mol. The van der Waals surface area contributed by atoms with E-state index in [4.69, 9.17) is 4.74 Å². The zero-order chi connectivity index (χ0) is 8.43. The lowest BCUT2D eigenvalue weighted by atomic mass is 10.00. The number of amides is 1. The van der Waals surface area contributed by atoms with Crippen LogP contribution in [0, 0.1) is 5.92 Å². The third-order valence-corrected chi connectivity index (χ3v) is 1.83. The number of carbonyl (C=O) groups is 1. The van der Waals surface area contributed by atoms with Crippen LogP contribution >= 0.6 is 0 Å². The number of hydrogen-bond donors (Lipinski definition) is 1. The Bertz CT molecular complexity index is 177. The molecule has 0 aliphatic carbocycles. The summed E-state index contributed by atoms with van der Waals surface area (Å²) in [5, 5.41) is 2.72. The van der Waals surface area contributed by atoms with Crippen molar-refractivity contribution in [1.82, 2.24) is 5.32 Å². The largest absolute Gasteiger partial charge is 0.440 e. The molecule has 1 N–H and O–H groups in total. The maximum atomic E-state index is 10.7. The third kappa shape index (κ3) is 1.53. The summed E-state index contributed by atoms with van der Waals surface area (Å²) < 4.78 is 4.92. The SMILES string of the molecule is C=C[C@H]1OC(=O)N[C@@H]1C(C)C. The summed E-state index contributed by atoms with van der Waals surface area (Å²) in [6, 6.07) is 0.0833. The quantitative estimate of drug-likeness (QED) is 0.610. The van der Waals surface area contributed by atoms with E-state index >= 15 is 0 Å². The minimum atomic E-state index is -0.339. The Labute approximate surface area is 66.4 Å². The lowest BCUT2D eigenvalue weighted by Crippen LogP contribution is -2.35. The summed E-state index contributed by atoms with van der Waals surface area (Å²) in [7, 11) is 0. The molecule has 0 aromatic heterocycles. The van der Waals surface area contributed by atoms with Gasteiger partial charge in [-0.2, -0.15) is 0 Å². The van der Waals surface area contributed by atoms with Crippen molar-refractivity contribution in [2.24, 2.45) is 5.92 Å². The summed E-state index contributed by atoms with van der Waals surface area (Å²) in [6.07, 6.45) is 1.15. The minimum Gasteiger partial charge on any atom is -0.440 e. The Hall–Kier alpha value is -0.990. The van der Waals surface area contributed by atoms with E-state index in [0.29, 0.717) is 5.92 Å². The molecular weight excluding hydrogens is 142 g/mol. The Kier molecular flexibility index (Phi) is 2.17. The summed E-state index contributed by atoms with van der Waals surface area (Å²) in [6.45, 7) is 7.67. The first kappa shape index (κ1) is 8.11. The van der Waals surface area contributed by atoms with Gasteiger partial charge in [0.25, 0.3) is 0 Å². The van der Waals surface area contributed by atoms with Gasteiger partial charge in [0.15, 0.2) is 0 Å². The van der Waals surface area contributed by atoms with Gasteiger partial charge in [0.1, 0.15) is 6.10 Å². The lowest BCUT2D eigenvalue weighted by molar-refractivity contribution is 0.149. The highest BCUT2D eigenvalue weighted by Gasteiger charge is 2.33. The molecule has 0 bridgehead atoms. The van der Waals surface area contributed by atoms with Gasteiger partial charge in [-0.1, -0.05) is 20.4 Å². The van der Waals surface area contributed by atoms with Crippen molar-refractivity contribution >= 4 is 6.09 Å². The van der Waals surface area contributed by atoms with Crippen LogP contribution < -0.4 is 5.32 Å². The summed E-state index contributed by atoms with van der Waals surface area (Å²) >= 11 is 0. The highest BCUT2D eigenvalue weighted by atomic mass is 16.6. The number of alkyl carbamates (subject to hydrolysis) is 1. The number of ether oxygens (including phenoxy) is 1.